The first-order chi connectivity index (χ1) is 12.9. The van der Waals surface area contributed by atoms with Crippen molar-refractivity contribution in [1.29, 1.82) is 0 Å². The maximum atomic E-state index is 13.5. The first kappa shape index (κ1) is 17.4. The first-order valence-electron chi connectivity index (χ1n) is 10.2. The zero-order valence-corrected chi connectivity index (χ0v) is 16.0. The number of hydrogen-bond acceptors (Lipinski definition) is 4. The van der Waals surface area contributed by atoms with E-state index < -0.39 is 11.0 Å². The Bertz CT molecular complexity index is 794. The molecule has 1 aliphatic heterocycles. The van der Waals surface area contributed by atoms with Crippen LogP contribution in [0, 0.1) is 34.5 Å². The van der Waals surface area contributed by atoms with Crippen molar-refractivity contribution in [3.8, 4) is 0 Å². The van der Waals surface area contributed by atoms with Gasteiger partial charge in [-0.1, -0.05) is 30.7 Å². The van der Waals surface area contributed by atoms with Gasteiger partial charge in [0.15, 0.2) is 11.4 Å². The summed E-state index contributed by atoms with van der Waals surface area (Å²) in [4.78, 5) is 37.2. The van der Waals surface area contributed by atoms with E-state index in [0.29, 0.717) is 19.6 Å². The second kappa shape index (κ2) is 5.40. The van der Waals surface area contributed by atoms with Crippen LogP contribution in [0.2, 0.25) is 0 Å². The normalized spacial score (nSPS) is 49.3. The number of carbonyl (C=O) groups is 3. The lowest BCUT2D eigenvalue weighted by Gasteiger charge is -2.60. The predicted octanol–water partition coefficient (Wildman–Crippen LogP) is 2.21. The van der Waals surface area contributed by atoms with Crippen molar-refractivity contribution in [2.24, 2.45) is 34.5 Å². The van der Waals surface area contributed by atoms with Crippen LogP contribution in [0.1, 0.15) is 39.5 Å². The number of fused-ring (bicyclic) bond motifs is 1. The van der Waals surface area contributed by atoms with Gasteiger partial charge in [0.1, 0.15) is 6.29 Å². The Morgan fingerprint density at radius 3 is 2.81 bits per heavy atom. The molecule has 5 nitrogen and oxygen atoms in total. The number of amides is 1. The third kappa shape index (κ3) is 2.06. The lowest BCUT2D eigenvalue weighted by atomic mass is 9.41. The van der Waals surface area contributed by atoms with Crippen molar-refractivity contribution in [3.63, 3.8) is 0 Å². The summed E-state index contributed by atoms with van der Waals surface area (Å²) in [5.41, 5.74) is -0.0868. The Morgan fingerprint density at radius 2 is 2.15 bits per heavy atom. The van der Waals surface area contributed by atoms with E-state index in [0.717, 1.165) is 25.5 Å². The summed E-state index contributed by atoms with van der Waals surface area (Å²) in [6, 6.07) is 0. The van der Waals surface area contributed by atoms with Gasteiger partial charge in [0.25, 0.3) is 0 Å². The molecule has 1 saturated heterocycles. The Labute approximate surface area is 159 Å². The van der Waals surface area contributed by atoms with Gasteiger partial charge in [-0.3, -0.25) is 9.59 Å². The summed E-state index contributed by atoms with van der Waals surface area (Å²) in [5, 5.41) is 3.00. The molecule has 0 aromatic heterocycles. The molecule has 5 aliphatic carbocycles. The minimum atomic E-state index is -0.721. The van der Waals surface area contributed by atoms with Gasteiger partial charge in [-0.05, 0) is 42.9 Å². The number of aldehydes is 1. The van der Waals surface area contributed by atoms with E-state index in [-0.39, 0.29) is 40.8 Å². The van der Waals surface area contributed by atoms with Crippen LogP contribution in [-0.2, 0) is 19.1 Å². The van der Waals surface area contributed by atoms with Crippen LogP contribution in [-0.4, -0.2) is 36.7 Å². The SMILES string of the molecule is CC(=O)NC[C@@]1(C)CCC=C2[C@H]1C[C@H](C=O)[C@]13C=C[C@H](C[C@H]21)[C@]1(CO1)C3=O. The van der Waals surface area contributed by atoms with Gasteiger partial charge in [-0.25, -0.2) is 0 Å². The van der Waals surface area contributed by atoms with Gasteiger partial charge in [0, 0.05) is 25.3 Å². The van der Waals surface area contributed by atoms with Crippen LogP contribution >= 0.6 is 0 Å². The number of Topliss-reactive ketones (excluding diaryl/α,β-unsaturated/α-hetero) is 1. The highest BCUT2D eigenvalue weighted by Crippen LogP contribution is 2.67. The Kier molecular flexibility index (Phi) is 3.47. The molecule has 3 fully saturated rings. The topological polar surface area (TPSA) is 75.8 Å². The number of ketones is 1. The Balaban J connectivity index is 1.56. The third-order valence-electron chi connectivity index (χ3n) is 8.25. The van der Waals surface area contributed by atoms with Gasteiger partial charge >= 0.3 is 0 Å². The summed E-state index contributed by atoms with van der Waals surface area (Å²) in [5.74, 6) is 0.276. The van der Waals surface area contributed by atoms with Gasteiger partial charge in [-0.2, -0.15) is 0 Å². The average molecular weight is 369 g/mol. The smallest absolute Gasteiger partial charge is 0.216 e. The summed E-state index contributed by atoms with van der Waals surface area (Å²) >= 11 is 0. The largest absolute Gasteiger partial charge is 0.361 e. The van der Waals surface area contributed by atoms with Crippen LogP contribution in [0.3, 0.4) is 0 Å². The number of epoxide rings is 1. The van der Waals surface area contributed by atoms with Crippen molar-refractivity contribution in [2.45, 2.75) is 45.1 Å². The first-order valence-corrected chi connectivity index (χ1v) is 10.2. The molecule has 1 heterocycles. The molecule has 1 N–H and O–H groups in total. The Hall–Kier alpha value is -1.75. The molecule has 2 saturated carbocycles. The quantitative estimate of drug-likeness (QED) is 0.470. The van der Waals surface area contributed by atoms with E-state index in [1.165, 1.54) is 5.57 Å². The molecular weight excluding hydrogens is 342 g/mol. The average Bonchev–Trinajstić information content (AvgIpc) is 3.45. The van der Waals surface area contributed by atoms with Crippen molar-refractivity contribution in [1.82, 2.24) is 5.32 Å². The highest BCUT2D eigenvalue weighted by Gasteiger charge is 2.73. The highest BCUT2D eigenvalue weighted by atomic mass is 16.6. The highest BCUT2D eigenvalue weighted by molar-refractivity contribution is 6.01. The fourth-order valence-corrected chi connectivity index (χ4v) is 6.67. The second-order valence-corrected chi connectivity index (χ2v) is 9.53. The molecule has 0 radical (unpaired) electrons. The fourth-order valence-electron chi connectivity index (χ4n) is 6.67. The minimum Gasteiger partial charge on any atom is -0.361 e. The lowest BCUT2D eigenvalue weighted by Crippen LogP contribution is -2.64. The van der Waals surface area contributed by atoms with E-state index in [4.69, 9.17) is 4.74 Å². The predicted molar refractivity (Wildman–Crippen MR) is 98.6 cm³/mol. The van der Waals surface area contributed by atoms with Crippen molar-refractivity contribution in [3.05, 3.63) is 23.8 Å². The summed E-state index contributed by atoms with van der Waals surface area (Å²) < 4.78 is 5.68. The van der Waals surface area contributed by atoms with Crippen LogP contribution in [0.5, 0.6) is 0 Å². The summed E-state index contributed by atoms with van der Waals surface area (Å²) in [7, 11) is 0. The third-order valence-corrected chi connectivity index (χ3v) is 8.25. The van der Waals surface area contributed by atoms with Crippen LogP contribution in [0.25, 0.3) is 0 Å². The molecule has 2 bridgehead atoms. The van der Waals surface area contributed by atoms with Crippen molar-refractivity contribution < 1.29 is 19.1 Å². The molecular formula is C22H27NO4. The van der Waals surface area contributed by atoms with Crippen molar-refractivity contribution in [2.75, 3.05) is 13.2 Å². The van der Waals surface area contributed by atoms with E-state index in [9.17, 15) is 14.4 Å². The molecule has 0 aromatic carbocycles. The number of rotatable bonds is 3. The van der Waals surface area contributed by atoms with E-state index >= 15 is 0 Å². The molecule has 6 rings (SSSR count). The molecule has 6 aliphatic rings. The molecule has 144 valence electrons. The molecule has 1 amide bonds. The zero-order valence-electron chi connectivity index (χ0n) is 16.0. The molecule has 27 heavy (non-hydrogen) atoms. The minimum absolute atomic E-state index is 0.0193. The van der Waals surface area contributed by atoms with E-state index in [1.807, 2.05) is 0 Å². The van der Waals surface area contributed by atoms with Crippen molar-refractivity contribution >= 4 is 18.0 Å². The lowest BCUT2D eigenvalue weighted by molar-refractivity contribution is -0.152. The molecule has 7 atom stereocenters. The molecule has 5 heteroatoms. The van der Waals surface area contributed by atoms with Crippen LogP contribution in [0.15, 0.2) is 23.8 Å². The summed E-state index contributed by atoms with van der Waals surface area (Å²) in [6.45, 7) is 4.90. The van der Waals surface area contributed by atoms with E-state index in [2.05, 4.69) is 30.5 Å². The fraction of sp³-hybridized carbons (Fsp3) is 0.682. The van der Waals surface area contributed by atoms with Gasteiger partial charge in [0.05, 0.1) is 12.0 Å². The number of ether oxygens (including phenoxy) is 1. The monoisotopic (exact) mass is 369 g/mol. The van der Waals surface area contributed by atoms with Crippen LogP contribution in [0.4, 0.5) is 0 Å². The van der Waals surface area contributed by atoms with Gasteiger partial charge < -0.3 is 14.8 Å². The standard InChI is InChI=1S/C22H27NO4/c1-13(25)23-11-20(2)6-3-4-16-17(20)9-15(10-24)21-7-5-14(8-18(16)21)22(12-27-22)19(21)26/h4-5,7,10,14-15,17-18H,3,6,8-9,11-12H2,1-2H3,(H,23,25)/t14-,15-,17-,18-,20-,21-,22-/m1/s1. The molecule has 0 unspecified atom stereocenters. The molecule has 0 aromatic rings. The van der Waals surface area contributed by atoms with Gasteiger partial charge in [-0.15, -0.1) is 0 Å². The maximum Gasteiger partial charge on any atom is 0.216 e. The number of hydrogen-bond donors (Lipinski definition) is 1. The number of allylic oxidation sites excluding steroid dienone is 3. The number of carbonyl (C=O) groups excluding carboxylic acids is 3. The van der Waals surface area contributed by atoms with Gasteiger partial charge in [0.2, 0.25) is 5.91 Å². The van der Waals surface area contributed by atoms with E-state index in [1.54, 1.807) is 6.92 Å². The summed E-state index contributed by atoms with van der Waals surface area (Å²) in [6.07, 6.45) is 11.1. The van der Waals surface area contributed by atoms with Crippen LogP contribution < -0.4 is 5.32 Å². The second-order valence-electron chi connectivity index (χ2n) is 9.53. The maximum absolute atomic E-state index is 13.5. The zero-order chi connectivity index (χ0) is 19.0. The number of nitrogens with one attached hydrogen (secondary N) is 1. The Morgan fingerprint density at radius 1 is 1.37 bits per heavy atom. The molecule has 2 spiro atoms.